The van der Waals surface area contributed by atoms with Crippen LogP contribution in [-0.2, 0) is 4.79 Å². The van der Waals surface area contributed by atoms with Crippen LogP contribution in [0.4, 0.5) is 5.69 Å². The van der Waals surface area contributed by atoms with E-state index in [1.165, 1.54) is 25.7 Å². The summed E-state index contributed by atoms with van der Waals surface area (Å²) in [4.78, 5) is 16.7. The molecule has 4 nitrogen and oxygen atoms in total. The molecule has 2 aliphatic rings. The van der Waals surface area contributed by atoms with Crippen LogP contribution in [0.1, 0.15) is 25.7 Å². The van der Waals surface area contributed by atoms with Crippen LogP contribution in [0.5, 0.6) is 0 Å². The summed E-state index contributed by atoms with van der Waals surface area (Å²) in [5.41, 5.74) is 0.970. The van der Waals surface area contributed by atoms with E-state index >= 15 is 0 Å². The highest BCUT2D eigenvalue weighted by Crippen LogP contribution is 2.25. The number of nitrogens with zero attached hydrogens (tertiary/aromatic N) is 2. The SMILES string of the molecule is CN(C(=O)CN1CCCC1C1CCCN1)c1ccccc1. The Morgan fingerprint density at radius 1 is 1.29 bits per heavy atom. The summed E-state index contributed by atoms with van der Waals surface area (Å²) in [5.74, 6) is 0.186. The standard InChI is InChI=1S/C17H25N3O/c1-19(14-7-3-2-4-8-14)17(21)13-20-12-6-10-16(20)15-9-5-11-18-15/h2-4,7-8,15-16,18H,5-6,9-13H2,1H3. The van der Waals surface area contributed by atoms with E-state index in [4.69, 9.17) is 0 Å². The van der Waals surface area contributed by atoms with E-state index in [0.29, 0.717) is 18.6 Å². The Kier molecular flexibility index (Phi) is 4.56. The molecule has 114 valence electrons. The van der Waals surface area contributed by atoms with E-state index in [2.05, 4.69) is 10.2 Å². The lowest BCUT2D eigenvalue weighted by molar-refractivity contribution is -0.119. The maximum atomic E-state index is 12.5. The largest absolute Gasteiger partial charge is 0.314 e. The van der Waals surface area contributed by atoms with Crippen molar-refractivity contribution in [3.63, 3.8) is 0 Å². The summed E-state index contributed by atoms with van der Waals surface area (Å²) in [6.45, 7) is 2.72. The molecule has 0 spiro atoms. The summed E-state index contributed by atoms with van der Waals surface area (Å²) in [5, 5.41) is 3.60. The average Bonchev–Trinajstić information content (AvgIpc) is 3.18. The number of benzene rings is 1. The molecule has 2 heterocycles. The van der Waals surface area contributed by atoms with Gasteiger partial charge in [-0.25, -0.2) is 0 Å². The molecule has 0 aliphatic carbocycles. The van der Waals surface area contributed by atoms with Gasteiger partial charge in [-0.3, -0.25) is 9.69 Å². The highest BCUT2D eigenvalue weighted by Gasteiger charge is 2.34. The van der Waals surface area contributed by atoms with Crippen LogP contribution in [0.3, 0.4) is 0 Å². The Labute approximate surface area is 127 Å². The fourth-order valence-corrected chi connectivity index (χ4v) is 3.62. The fraction of sp³-hybridized carbons (Fsp3) is 0.588. The third-order valence-corrected chi connectivity index (χ3v) is 4.83. The van der Waals surface area contributed by atoms with Crippen LogP contribution in [0.25, 0.3) is 0 Å². The van der Waals surface area contributed by atoms with Gasteiger partial charge < -0.3 is 10.2 Å². The fourth-order valence-electron chi connectivity index (χ4n) is 3.62. The lowest BCUT2D eigenvalue weighted by Crippen LogP contribution is -2.47. The molecule has 3 rings (SSSR count). The number of likely N-dealkylation sites (tertiary alicyclic amines) is 1. The second-order valence-electron chi connectivity index (χ2n) is 6.17. The van der Waals surface area contributed by atoms with Crippen molar-refractivity contribution in [3.8, 4) is 0 Å². The molecule has 4 heteroatoms. The van der Waals surface area contributed by atoms with Gasteiger partial charge >= 0.3 is 0 Å². The van der Waals surface area contributed by atoms with E-state index in [-0.39, 0.29) is 5.91 Å². The third-order valence-electron chi connectivity index (χ3n) is 4.83. The van der Waals surface area contributed by atoms with Crippen molar-refractivity contribution in [2.45, 2.75) is 37.8 Å². The summed E-state index contributed by atoms with van der Waals surface area (Å²) >= 11 is 0. The molecule has 0 saturated carbocycles. The lowest BCUT2D eigenvalue weighted by atomic mass is 10.0. The Morgan fingerprint density at radius 2 is 2.10 bits per heavy atom. The van der Waals surface area contributed by atoms with Gasteiger partial charge in [-0.1, -0.05) is 18.2 Å². The highest BCUT2D eigenvalue weighted by atomic mass is 16.2. The van der Waals surface area contributed by atoms with Crippen molar-refractivity contribution in [3.05, 3.63) is 30.3 Å². The number of carbonyl (C=O) groups is 1. The molecule has 1 aromatic carbocycles. The zero-order valence-electron chi connectivity index (χ0n) is 12.8. The molecule has 2 fully saturated rings. The monoisotopic (exact) mass is 287 g/mol. The Morgan fingerprint density at radius 3 is 2.81 bits per heavy atom. The van der Waals surface area contributed by atoms with Crippen LogP contribution in [-0.4, -0.2) is 49.6 Å². The lowest BCUT2D eigenvalue weighted by Gasteiger charge is -2.30. The first-order valence-corrected chi connectivity index (χ1v) is 8.05. The predicted octanol–water partition coefficient (Wildman–Crippen LogP) is 1.87. The second-order valence-corrected chi connectivity index (χ2v) is 6.17. The van der Waals surface area contributed by atoms with Gasteiger partial charge in [-0.15, -0.1) is 0 Å². The minimum Gasteiger partial charge on any atom is -0.314 e. The summed E-state index contributed by atoms with van der Waals surface area (Å²) in [6, 6.07) is 11.0. The van der Waals surface area contributed by atoms with Gasteiger partial charge in [0.1, 0.15) is 0 Å². The van der Waals surface area contributed by atoms with Gasteiger partial charge in [0.25, 0.3) is 0 Å². The maximum absolute atomic E-state index is 12.5. The normalized spacial score (nSPS) is 26.1. The van der Waals surface area contributed by atoms with Crippen molar-refractivity contribution >= 4 is 11.6 Å². The van der Waals surface area contributed by atoms with Crippen LogP contribution in [0, 0.1) is 0 Å². The number of carbonyl (C=O) groups excluding carboxylic acids is 1. The van der Waals surface area contributed by atoms with Crippen molar-refractivity contribution in [2.24, 2.45) is 0 Å². The van der Waals surface area contributed by atoms with Gasteiger partial charge in [0.15, 0.2) is 0 Å². The number of hydrogen-bond donors (Lipinski definition) is 1. The smallest absolute Gasteiger partial charge is 0.240 e. The molecule has 1 aromatic rings. The second kappa shape index (κ2) is 6.58. The van der Waals surface area contributed by atoms with Gasteiger partial charge in [0.2, 0.25) is 5.91 Å². The van der Waals surface area contributed by atoms with Gasteiger partial charge in [0, 0.05) is 24.8 Å². The molecule has 1 N–H and O–H groups in total. The number of para-hydroxylation sites is 1. The minimum atomic E-state index is 0.186. The van der Waals surface area contributed by atoms with Crippen LogP contribution in [0.15, 0.2) is 30.3 Å². The molecule has 21 heavy (non-hydrogen) atoms. The zero-order chi connectivity index (χ0) is 14.7. The number of rotatable bonds is 4. The summed E-state index contributed by atoms with van der Waals surface area (Å²) < 4.78 is 0. The minimum absolute atomic E-state index is 0.186. The molecular formula is C17H25N3O. The van der Waals surface area contributed by atoms with Crippen LogP contribution >= 0.6 is 0 Å². The van der Waals surface area contributed by atoms with E-state index in [0.717, 1.165) is 18.8 Å². The van der Waals surface area contributed by atoms with Crippen molar-refractivity contribution in [2.75, 3.05) is 31.6 Å². The molecule has 2 saturated heterocycles. The number of amides is 1. The van der Waals surface area contributed by atoms with Crippen molar-refractivity contribution in [1.29, 1.82) is 0 Å². The number of anilines is 1. The quantitative estimate of drug-likeness (QED) is 0.918. The first kappa shape index (κ1) is 14.5. The Bertz CT molecular complexity index is 470. The van der Waals surface area contributed by atoms with Gasteiger partial charge in [-0.05, 0) is 50.9 Å². The number of hydrogen-bond acceptors (Lipinski definition) is 3. The Hall–Kier alpha value is -1.39. The van der Waals surface area contributed by atoms with Gasteiger partial charge in [-0.2, -0.15) is 0 Å². The highest BCUT2D eigenvalue weighted by molar-refractivity contribution is 5.94. The van der Waals surface area contributed by atoms with E-state index in [1.54, 1.807) is 4.90 Å². The molecule has 0 aromatic heterocycles. The van der Waals surface area contributed by atoms with Crippen molar-refractivity contribution < 1.29 is 4.79 Å². The van der Waals surface area contributed by atoms with E-state index < -0.39 is 0 Å². The third kappa shape index (κ3) is 3.27. The molecule has 0 bridgehead atoms. The van der Waals surface area contributed by atoms with Gasteiger partial charge in [0.05, 0.1) is 6.54 Å². The number of nitrogens with one attached hydrogen (secondary N) is 1. The van der Waals surface area contributed by atoms with Crippen LogP contribution < -0.4 is 10.2 Å². The first-order chi connectivity index (χ1) is 10.3. The summed E-state index contributed by atoms with van der Waals surface area (Å²) in [6.07, 6.45) is 4.96. The Balaban J connectivity index is 1.61. The van der Waals surface area contributed by atoms with Crippen LogP contribution in [0.2, 0.25) is 0 Å². The topological polar surface area (TPSA) is 35.6 Å². The maximum Gasteiger partial charge on any atom is 0.240 e. The molecule has 2 atom stereocenters. The predicted molar refractivity (Wildman–Crippen MR) is 85.5 cm³/mol. The average molecular weight is 287 g/mol. The molecular weight excluding hydrogens is 262 g/mol. The first-order valence-electron chi connectivity index (χ1n) is 8.05. The molecule has 1 amide bonds. The molecule has 0 radical (unpaired) electrons. The molecule has 2 aliphatic heterocycles. The summed E-state index contributed by atoms with van der Waals surface area (Å²) in [7, 11) is 1.87. The molecule has 2 unspecified atom stereocenters. The zero-order valence-corrected chi connectivity index (χ0v) is 12.8. The number of likely N-dealkylation sites (N-methyl/N-ethyl adjacent to an activating group) is 1. The van der Waals surface area contributed by atoms with E-state index in [9.17, 15) is 4.79 Å². The van der Waals surface area contributed by atoms with Crippen molar-refractivity contribution in [1.82, 2.24) is 10.2 Å². The van der Waals surface area contributed by atoms with E-state index in [1.807, 2.05) is 37.4 Å².